The predicted octanol–water partition coefficient (Wildman–Crippen LogP) is 5.80. The Balaban J connectivity index is 1.55. The zero-order valence-corrected chi connectivity index (χ0v) is 17.9. The molecule has 4 aromatic rings. The second kappa shape index (κ2) is 7.80. The summed E-state index contributed by atoms with van der Waals surface area (Å²) in [4.78, 5) is 9.55. The van der Waals surface area contributed by atoms with Gasteiger partial charge in [0.2, 0.25) is 0 Å². The van der Waals surface area contributed by atoms with Crippen LogP contribution in [0.2, 0.25) is 0 Å². The van der Waals surface area contributed by atoms with Crippen LogP contribution in [-0.2, 0) is 0 Å². The van der Waals surface area contributed by atoms with Crippen LogP contribution in [0.5, 0.6) is 0 Å². The Morgan fingerprint density at radius 3 is 2.43 bits per heavy atom. The van der Waals surface area contributed by atoms with Crippen LogP contribution in [0.4, 0.5) is 10.2 Å². The Morgan fingerprint density at radius 2 is 1.73 bits per heavy atom. The molecule has 3 aromatic heterocycles. The molecule has 1 fully saturated rings. The van der Waals surface area contributed by atoms with Crippen LogP contribution in [0.15, 0.2) is 59.3 Å². The van der Waals surface area contributed by atoms with Crippen molar-refractivity contribution in [1.82, 2.24) is 19.6 Å². The lowest BCUT2D eigenvalue weighted by Gasteiger charge is -2.25. The molecule has 0 aliphatic heterocycles. The highest BCUT2D eigenvalue weighted by Gasteiger charge is 2.27. The molecule has 5 nitrogen and oxygen atoms in total. The third kappa shape index (κ3) is 3.37. The minimum absolute atomic E-state index is 0.194. The number of fused-ring (bicyclic) bond motifs is 1. The Morgan fingerprint density at radius 1 is 0.967 bits per heavy atom. The molecule has 1 aliphatic rings. The van der Waals surface area contributed by atoms with Crippen molar-refractivity contribution in [3.05, 3.63) is 65.0 Å². The third-order valence-corrected chi connectivity index (χ3v) is 6.65. The van der Waals surface area contributed by atoms with Crippen LogP contribution in [0.3, 0.4) is 0 Å². The van der Waals surface area contributed by atoms with Crippen molar-refractivity contribution in [2.24, 2.45) is 0 Å². The molecular weight excluding hydrogens is 445 g/mol. The summed E-state index contributed by atoms with van der Waals surface area (Å²) in [5, 5.41) is 4.45. The molecule has 0 radical (unpaired) electrons. The summed E-state index contributed by atoms with van der Waals surface area (Å²) < 4.78 is 16.0. The zero-order chi connectivity index (χ0) is 20.7. The van der Waals surface area contributed by atoms with E-state index in [1.165, 1.54) is 0 Å². The van der Waals surface area contributed by atoms with E-state index in [-0.39, 0.29) is 5.92 Å². The lowest BCUT2D eigenvalue weighted by atomic mass is 9.86. The Labute approximate surface area is 182 Å². The first-order valence-electron chi connectivity index (χ1n) is 10.1. The monoisotopic (exact) mass is 465 g/mol. The summed E-state index contributed by atoms with van der Waals surface area (Å²) in [5.74, 6) is 0.706. The molecule has 1 aliphatic carbocycles. The topological polar surface area (TPSA) is 69.1 Å². The average molecular weight is 466 g/mol. The molecule has 0 saturated heterocycles. The summed E-state index contributed by atoms with van der Waals surface area (Å²) in [5.41, 5.74) is 11.7. The van der Waals surface area contributed by atoms with Gasteiger partial charge in [-0.05, 0) is 47.7 Å². The van der Waals surface area contributed by atoms with Crippen molar-refractivity contribution < 1.29 is 4.39 Å². The van der Waals surface area contributed by atoms with Gasteiger partial charge in [-0.2, -0.15) is 9.61 Å². The van der Waals surface area contributed by atoms with E-state index in [1.54, 1.807) is 10.7 Å². The van der Waals surface area contributed by atoms with E-state index >= 15 is 0 Å². The number of hydrogen-bond donors (Lipinski definition) is 1. The molecule has 2 N–H and O–H groups in total. The summed E-state index contributed by atoms with van der Waals surface area (Å²) >= 11 is 3.60. The van der Waals surface area contributed by atoms with Crippen LogP contribution in [0.1, 0.15) is 37.3 Å². The van der Waals surface area contributed by atoms with Gasteiger partial charge in [0.25, 0.3) is 0 Å². The van der Waals surface area contributed by atoms with Gasteiger partial charge in [0.05, 0.1) is 22.1 Å². The summed E-state index contributed by atoms with van der Waals surface area (Å²) in [6.45, 7) is 0. The number of alkyl halides is 1. The molecule has 0 amide bonds. The first kappa shape index (κ1) is 19.2. The van der Waals surface area contributed by atoms with E-state index in [0.29, 0.717) is 24.3 Å². The third-order valence-electron chi connectivity index (χ3n) is 5.84. The number of hydrogen-bond acceptors (Lipinski definition) is 4. The van der Waals surface area contributed by atoms with Gasteiger partial charge >= 0.3 is 0 Å². The summed E-state index contributed by atoms with van der Waals surface area (Å²) in [6.07, 6.45) is 5.60. The second-order valence-electron chi connectivity index (χ2n) is 7.74. The summed E-state index contributed by atoms with van der Waals surface area (Å²) in [6, 6.07) is 14.1. The fraction of sp³-hybridized carbons (Fsp3) is 0.261. The minimum Gasteiger partial charge on any atom is -0.383 e. The molecule has 152 valence electrons. The molecule has 0 unspecified atom stereocenters. The van der Waals surface area contributed by atoms with Crippen molar-refractivity contribution in [3.63, 3.8) is 0 Å². The number of nitrogens with two attached hydrogens (primary N) is 1. The number of nitrogen functional groups attached to an aromatic ring is 1. The van der Waals surface area contributed by atoms with Gasteiger partial charge in [0, 0.05) is 28.8 Å². The number of anilines is 1. The van der Waals surface area contributed by atoms with Gasteiger partial charge in [-0.15, -0.1) is 0 Å². The molecule has 0 bridgehead atoms. The van der Waals surface area contributed by atoms with Crippen LogP contribution >= 0.6 is 15.9 Å². The number of aromatic nitrogens is 4. The van der Waals surface area contributed by atoms with Crippen molar-refractivity contribution in [1.29, 1.82) is 0 Å². The number of benzene rings is 1. The Hall–Kier alpha value is -2.80. The predicted molar refractivity (Wildman–Crippen MR) is 120 cm³/mol. The normalized spacial score (nSPS) is 19.3. The van der Waals surface area contributed by atoms with Crippen molar-refractivity contribution >= 4 is 27.4 Å². The van der Waals surface area contributed by atoms with Gasteiger partial charge in [0.1, 0.15) is 12.0 Å². The minimum atomic E-state index is -0.708. The van der Waals surface area contributed by atoms with Gasteiger partial charge < -0.3 is 5.73 Å². The highest BCUT2D eigenvalue weighted by Crippen LogP contribution is 2.39. The largest absolute Gasteiger partial charge is 0.383 e. The number of pyridine rings is 1. The van der Waals surface area contributed by atoms with E-state index in [2.05, 4.69) is 26.0 Å². The number of nitrogens with zero attached hydrogens (tertiary/aromatic N) is 4. The molecule has 5 rings (SSSR count). The molecule has 0 spiro atoms. The summed E-state index contributed by atoms with van der Waals surface area (Å²) in [7, 11) is 0. The highest BCUT2D eigenvalue weighted by atomic mass is 79.9. The lowest BCUT2D eigenvalue weighted by Crippen LogP contribution is -2.16. The van der Waals surface area contributed by atoms with Gasteiger partial charge in [-0.3, -0.25) is 4.98 Å². The maximum atomic E-state index is 13.6. The molecule has 0 atom stereocenters. The maximum Gasteiger partial charge on any atom is 0.165 e. The van der Waals surface area contributed by atoms with E-state index < -0.39 is 6.17 Å². The van der Waals surface area contributed by atoms with Crippen LogP contribution in [0.25, 0.3) is 28.0 Å². The van der Waals surface area contributed by atoms with Gasteiger partial charge in [0.15, 0.2) is 5.65 Å². The SMILES string of the molecule is Nc1c(Br)c(C2CCC(F)CC2)nc2c(-c3ccc(-c4ccccc4)nc3)cnn12. The van der Waals surface area contributed by atoms with Crippen molar-refractivity contribution in [3.8, 4) is 22.4 Å². The van der Waals surface area contributed by atoms with E-state index in [0.717, 1.165) is 45.4 Å². The van der Waals surface area contributed by atoms with Crippen LogP contribution in [-0.4, -0.2) is 25.8 Å². The fourth-order valence-electron chi connectivity index (χ4n) is 4.15. The number of rotatable bonds is 3. The highest BCUT2D eigenvalue weighted by molar-refractivity contribution is 9.10. The van der Waals surface area contributed by atoms with Crippen LogP contribution in [0, 0.1) is 0 Å². The molecule has 1 saturated carbocycles. The fourth-order valence-corrected chi connectivity index (χ4v) is 4.73. The van der Waals surface area contributed by atoms with Crippen LogP contribution < -0.4 is 5.73 Å². The van der Waals surface area contributed by atoms with E-state index in [4.69, 9.17) is 10.7 Å². The molecule has 3 heterocycles. The quantitative estimate of drug-likeness (QED) is 0.415. The van der Waals surface area contributed by atoms with Crippen molar-refractivity contribution in [2.75, 3.05) is 5.73 Å². The number of halogens is 2. The average Bonchev–Trinajstić information content (AvgIpc) is 3.22. The molecule has 7 heteroatoms. The van der Waals surface area contributed by atoms with E-state index in [9.17, 15) is 4.39 Å². The van der Waals surface area contributed by atoms with Gasteiger partial charge in [-0.1, -0.05) is 36.4 Å². The second-order valence-corrected chi connectivity index (χ2v) is 8.53. The molecule has 1 aromatic carbocycles. The van der Waals surface area contributed by atoms with Gasteiger partial charge in [-0.25, -0.2) is 9.37 Å². The Kier molecular flexibility index (Phi) is 4.98. The first-order valence-corrected chi connectivity index (χ1v) is 10.9. The lowest BCUT2D eigenvalue weighted by molar-refractivity contribution is 0.233. The molecular formula is C23H21BrFN5. The van der Waals surface area contributed by atoms with Crippen molar-refractivity contribution in [2.45, 2.75) is 37.8 Å². The van der Waals surface area contributed by atoms with E-state index in [1.807, 2.05) is 48.7 Å². The zero-order valence-electron chi connectivity index (χ0n) is 16.3. The Bertz CT molecular complexity index is 1180. The maximum absolute atomic E-state index is 13.6. The first-order chi connectivity index (χ1) is 14.6. The molecule has 30 heavy (non-hydrogen) atoms. The smallest absolute Gasteiger partial charge is 0.165 e. The standard InChI is InChI=1S/C23H21BrFN5/c24-20-21(15-6-9-17(25)10-7-15)29-23-18(13-28-30(23)22(20)26)16-8-11-19(27-12-16)14-4-2-1-3-5-14/h1-5,8,11-13,15,17H,6-7,9-10,26H2.